The summed E-state index contributed by atoms with van der Waals surface area (Å²) in [6.07, 6.45) is 9.59. The van der Waals surface area contributed by atoms with Gasteiger partial charge in [0.15, 0.2) is 0 Å². The minimum absolute atomic E-state index is 0.106. The van der Waals surface area contributed by atoms with Crippen molar-refractivity contribution >= 4 is 3.26 Å². The van der Waals surface area contributed by atoms with Gasteiger partial charge in [-0.2, -0.15) is 0 Å². The third kappa shape index (κ3) is 5.03. The average molecular weight is 687 g/mol. The van der Waals surface area contributed by atoms with Gasteiger partial charge in [-0.3, -0.25) is 0 Å². The van der Waals surface area contributed by atoms with Crippen molar-refractivity contribution < 1.29 is 21.0 Å². The molecule has 200 valence electrons. The van der Waals surface area contributed by atoms with Crippen molar-refractivity contribution in [2.45, 2.75) is 59.7 Å². The summed E-state index contributed by atoms with van der Waals surface area (Å²) in [7, 11) is 0. The molecule has 2 aliphatic rings. The Bertz CT molecular complexity index is 1520. The van der Waals surface area contributed by atoms with Crippen LogP contribution in [0.5, 0.6) is 0 Å². The molecule has 0 aliphatic heterocycles. The summed E-state index contributed by atoms with van der Waals surface area (Å²) in [6.45, 7) is 14.1. The Morgan fingerprint density at radius 2 is 0.975 bits per heavy atom. The van der Waals surface area contributed by atoms with E-state index in [1.165, 1.54) is 33.4 Å². The Balaban J connectivity index is 1.74. The van der Waals surface area contributed by atoms with E-state index in [0.29, 0.717) is 7.35 Å². The van der Waals surface area contributed by atoms with E-state index in [1.807, 2.05) is 0 Å². The second-order valence-electron chi connectivity index (χ2n) is 13.4. The first-order valence-electron chi connectivity index (χ1n) is 14.6. The second-order valence-corrected chi connectivity index (χ2v) is 22.9. The predicted molar refractivity (Wildman–Crippen MR) is 169 cm³/mol. The number of hydrogen-bond acceptors (Lipinski definition) is 0. The Hall–Kier alpha value is -2.90. The third-order valence-electron chi connectivity index (χ3n) is 8.58. The van der Waals surface area contributed by atoms with E-state index in [4.69, 9.17) is 0 Å². The van der Waals surface area contributed by atoms with Crippen molar-refractivity contribution in [3.05, 3.63) is 155 Å². The average Bonchev–Trinajstić information content (AvgIpc) is 3.58. The zero-order valence-corrected chi connectivity index (χ0v) is 28.3. The van der Waals surface area contributed by atoms with E-state index >= 15 is 0 Å². The van der Waals surface area contributed by atoms with E-state index in [0.717, 1.165) is 0 Å². The van der Waals surface area contributed by atoms with Gasteiger partial charge in [0.2, 0.25) is 0 Å². The molecule has 2 aliphatic carbocycles. The molecule has 0 bridgehead atoms. The second kappa shape index (κ2) is 10.5. The van der Waals surface area contributed by atoms with E-state index in [1.54, 1.807) is 14.4 Å². The van der Waals surface area contributed by atoms with Crippen LogP contribution in [0.25, 0.3) is 11.1 Å². The van der Waals surface area contributed by atoms with Crippen LogP contribution in [0, 0.1) is 0 Å². The Morgan fingerprint density at radius 1 is 0.550 bits per heavy atom. The number of allylic oxidation sites excluding steroid dienone is 4. The van der Waals surface area contributed by atoms with Crippen LogP contribution in [0.3, 0.4) is 0 Å². The molecule has 0 fully saturated rings. The van der Waals surface area contributed by atoms with E-state index in [2.05, 4.69) is 163 Å². The van der Waals surface area contributed by atoms with Crippen LogP contribution in [-0.4, -0.2) is 3.26 Å². The standard InChI is InChI=1S/C21H25.C13H10.C5H5.Hf/c1-20(2,3)16-7-9-18-14(12-16)11-15-13-17(21(4,5)6)8-10-19(15)18;1-3-7-12(8-4-1)11-13-9-5-2-6-10-13;1-2-4-5-3-1;/h7-13H,1-6H3;1-10H;1-5H;. The molecule has 4 aromatic carbocycles. The van der Waals surface area contributed by atoms with Crippen LogP contribution in [0.1, 0.15) is 78.6 Å². The number of rotatable bonds is 4. The van der Waals surface area contributed by atoms with Crippen molar-refractivity contribution in [3.63, 3.8) is 0 Å². The molecule has 6 rings (SSSR count). The van der Waals surface area contributed by atoms with Crippen LogP contribution in [0.2, 0.25) is 3.67 Å². The normalized spacial score (nSPS) is 14.8. The number of benzene rings is 4. The first-order chi connectivity index (χ1) is 19.1. The summed E-state index contributed by atoms with van der Waals surface area (Å²) in [5, 5.41) is 0. The van der Waals surface area contributed by atoms with Crippen LogP contribution in [0.4, 0.5) is 0 Å². The van der Waals surface area contributed by atoms with Gasteiger partial charge in [-0.05, 0) is 0 Å². The number of fused-ring (bicyclic) bond motifs is 3. The van der Waals surface area contributed by atoms with Gasteiger partial charge in [-0.25, -0.2) is 0 Å². The van der Waals surface area contributed by atoms with Gasteiger partial charge >= 0.3 is 250 Å². The van der Waals surface area contributed by atoms with Gasteiger partial charge in [0.05, 0.1) is 0 Å². The molecule has 0 heterocycles. The zero-order chi connectivity index (χ0) is 28.1. The van der Waals surface area contributed by atoms with Crippen molar-refractivity contribution in [2.75, 3.05) is 0 Å². The molecular weight excluding hydrogens is 647 g/mol. The molecule has 0 nitrogen and oxygen atoms in total. The fraction of sp³-hybridized carbons (Fsp3) is 0.256. The molecule has 0 saturated heterocycles. The van der Waals surface area contributed by atoms with Gasteiger partial charge in [-0.1, -0.05) is 0 Å². The van der Waals surface area contributed by atoms with Crippen LogP contribution in [0.15, 0.2) is 121 Å². The number of hydrogen-bond donors (Lipinski definition) is 0. The molecule has 0 unspecified atom stereocenters. The summed E-state index contributed by atoms with van der Waals surface area (Å²) in [4.78, 5) is 0. The molecule has 0 amide bonds. The molecule has 40 heavy (non-hydrogen) atoms. The van der Waals surface area contributed by atoms with Crippen molar-refractivity contribution in [1.82, 2.24) is 0 Å². The summed E-state index contributed by atoms with van der Waals surface area (Å²) in [5.74, 6) is 0. The van der Waals surface area contributed by atoms with Gasteiger partial charge < -0.3 is 0 Å². The Kier molecular flexibility index (Phi) is 7.16. The maximum atomic E-state index is 2.58. The Labute approximate surface area is 248 Å². The fourth-order valence-electron chi connectivity index (χ4n) is 6.38. The Morgan fingerprint density at radius 3 is 1.38 bits per heavy atom. The van der Waals surface area contributed by atoms with Crippen molar-refractivity contribution in [3.8, 4) is 11.1 Å². The van der Waals surface area contributed by atoms with Crippen molar-refractivity contribution in [2.24, 2.45) is 0 Å². The SMILES string of the molecule is CC(C)(C)c1ccc2c(c1)[CH]([Hf](=[C](c1ccccc1)c1ccccc1)[CH]1C=CC=C1)c1cc(C(C)(C)C)ccc1-2. The third-order valence-corrected chi connectivity index (χ3v) is 21.2. The summed E-state index contributed by atoms with van der Waals surface area (Å²) in [5.41, 5.74) is 11.9. The molecule has 0 aromatic heterocycles. The molecule has 0 atom stereocenters. The van der Waals surface area contributed by atoms with Gasteiger partial charge in [0.25, 0.3) is 0 Å². The minimum atomic E-state index is -2.87. The van der Waals surface area contributed by atoms with Crippen molar-refractivity contribution in [1.29, 1.82) is 0 Å². The maximum absolute atomic E-state index is 2.87. The molecule has 4 aromatic rings. The summed E-state index contributed by atoms with van der Waals surface area (Å²) >= 11 is -2.87. The molecule has 0 radical (unpaired) electrons. The van der Waals surface area contributed by atoms with E-state index < -0.39 is 21.0 Å². The van der Waals surface area contributed by atoms with Gasteiger partial charge in [0.1, 0.15) is 0 Å². The molecule has 1 heteroatoms. The van der Waals surface area contributed by atoms with E-state index in [-0.39, 0.29) is 10.8 Å². The van der Waals surface area contributed by atoms with Gasteiger partial charge in [0, 0.05) is 0 Å². The first-order valence-corrected chi connectivity index (χ1v) is 20.6. The van der Waals surface area contributed by atoms with Crippen LogP contribution < -0.4 is 0 Å². The zero-order valence-electron chi connectivity index (χ0n) is 24.7. The topological polar surface area (TPSA) is 0 Å². The summed E-state index contributed by atoms with van der Waals surface area (Å²) < 4.78 is 2.60. The molecule has 0 saturated carbocycles. The van der Waals surface area contributed by atoms with Crippen LogP contribution in [-0.2, 0) is 31.8 Å². The predicted octanol–water partition coefficient (Wildman–Crippen LogP) is 10.2. The quantitative estimate of drug-likeness (QED) is 0.188. The summed E-state index contributed by atoms with van der Waals surface area (Å²) in [6, 6.07) is 37.3. The molecule has 0 spiro atoms. The molecular formula is C39H40Hf. The van der Waals surface area contributed by atoms with Gasteiger partial charge in [-0.15, -0.1) is 0 Å². The molecule has 0 N–H and O–H groups in total. The monoisotopic (exact) mass is 688 g/mol. The first kappa shape index (κ1) is 27.3. The van der Waals surface area contributed by atoms with Crippen LogP contribution >= 0.6 is 0 Å². The fourth-order valence-corrected chi connectivity index (χ4v) is 20.0. The van der Waals surface area contributed by atoms with E-state index in [9.17, 15) is 0 Å².